The number of imidazole rings is 1. The highest BCUT2D eigenvalue weighted by molar-refractivity contribution is 8.00. The second-order valence-corrected chi connectivity index (χ2v) is 7.98. The summed E-state index contributed by atoms with van der Waals surface area (Å²) >= 11 is 1.55. The maximum atomic E-state index is 13.1. The van der Waals surface area contributed by atoms with Crippen LogP contribution in [0.4, 0.5) is 0 Å². The monoisotopic (exact) mass is 414 g/mol. The molecule has 0 aliphatic heterocycles. The largest absolute Gasteiger partial charge is 0.351 e. The minimum absolute atomic E-state index is 0.0211. The Morgan fingerprint density at radius 3 is 2.43 bits per heavy atom. The first-order valence-electron chi connectivity index (χ1n) is 9.70. The third kappa shape index (κ3) is 4.78. The molecule has 0 fully saturated rings. The summed E-state index contributed by atoms with van der Waals surface area (Å²) in [5.74, 6) is 1.63. The fourth-order valence-electron chi connectivity index (χ4n) is 3.14. The van der Waals surface area contributed by atoms with E-state index in [4.69, 9.17) is 0 Å². The van der Waals surface area contributed by atoms with Gasteiger partial charge in [-0.25, -0.2) is 9.97 Å². The molecule has 0 bridgehead atoms. The average Bonchev–Trinajstić information content (AvgIpc) is 3.23. The van der Waals surface area contributed by atoms with E-state index in [0.29, 0.717) is 6.54 Å². The molecule has 5 nitrogen and oxygen atoms in total. The van der Waals surface area contributed by atoms with Crippen LogP contribution in [-0.4, -0.2) is 20.4 Å². The summed E-state index contributed by atoms with van der Waals surface area (Å²) in [4.78, 5) is 22.8. The van der Waals surface area contributed by atoms with Crippen LogP contribution < -0.4 is 5.32 Å². The molecule has 0 radical (unpaired) electrons. The molecule has 2 aromatic heterocycles. The number of hydrogen-bond donors (Lipinski definition) is 1. The van der Waals surface area contributed by atoms with Crippen LogP contribution in [0.2, 0.25) is 0 Å². The van der Waals surface area contributed by atoms with Crippen LogP contribution in [0.15, 0.2) is 96.3 Å². The van der Waals surface area contributed by atoms with E-state index in [1.165, 1.54) is 0 Å². The Labute approximate surface area is 180 Å². The zero-order chi connectivity index (χ0) is 20.8. The van der Waals surface area contributed by atoms with Gasteiger partial charge in [-0.3, -0.25) is 9.36 Å². The highest BCUT2D eigenvalue weighted by atomic mass is 32.2. The highest BCUT2D eigenvalue weighted by Crippen LogP contribution is 2.35. The van der Waals surface area contributed by atoms with Gasteiger partial charge >= 0.3 is 0 Å². The molecule has 2 heterocycles. The van der Waals surface area contributed by atoms with E-state index in [2.05, 4.69) is 15.3 Å². The summed E-state index contributed by atoms with van der Waals surface area (Å²) < 4.78 is 1.92. The number of nitrogens with zero attached hydrogens (tertiary/aromatic N) is 3. The minimum atomic E-state index is -0.328. The summed E-state index contributed by atoms with van der Waals surface area (Å²) in [7, 11) is 0. The summed E-state index contributed by atoms with van der Waals surface area (Å²) in [6.07, 6.45) is 5.38. The van der Waals surface area contributed by atoms with Gasteiger partial charge in [0.2, 0.25) is 5.91 Å². The highest BCUT2D eigenvalue weighted by Gasteiger charge is 2.21. The van der Waals surface area contributed by atoms with Gasteiger partial charge < -0.3 is 5.32 Å². The molecule has 4 rings (SSSR count). The topological polar surface area (TPSA) is 59.8 Å². The molecule has 0 saturated carbocycles. The molecule has 0 aliphatic rings. The van der Waals surface area contributed by atoms with E-state index in [0.717, 1.165) is 27.7 Å². The zero-order valence-electron chi connectivity index (χ0n) is 16.6. The van der Waals surface area contributed by atoms with Gasteiger partial charge in [0, 0.05) is 30.0 Å². The zero-order valence-corrected chi connectivity index (χ0v) is 17.4. The summed E-state index contributed by atoms with van der Waals surface area (Å²) in [6.45, 7) is 2.36. The molecule has 1 unspecified atom stereocenters. The quantitative estimate of drug-likeness (QED) is 0.444. The van der Waals surface area contributed by atoms with Crippen molar-refractivity contribution in [3.05, 3.63) is 108 Å². The van der Waals surface area contributed by atoms with Crippen molar-refractivity contribution in [2.45, 2.75) is 23.6 Å². The first-order valence-corrected chi connectivity index (χ1v) is 10.6. The van der Waals surface area contributed by atoms with Crippen LogP contribution in [0.5, 0.6) is 0 Å². The smallest absolute Gasteiger partial charge is 0.238 e. The van der Waals surface area contributed by atoms with Gasteiger partial charge in [0.05, 0.1) is 0 Å². The van der Waals surface area contributed by atoms with Gasteiger partial charge in [0.15, 0.2) is 0 Å². The summed E-state index contributed by atoms with van der Waals surface area (Å²) in [5.41, 5.74) is 1.96. The van der Waals surface area contributed by atoms with Crippen LogP contribution in [0, 0.1) is 6.92 Å². The minimum Gasteiger partial charge on any atom is -0.351 e. The van der Waals surface area contributed by atoms with Gasteiger partial charge in [-0.1, -0.05) is 48.5 Å². The van der Waals surface area contributed by atoms with Crippen LogP contribution in [0.25, 0.3) is 5.82 Å². The number of nitrogens with one attached hydrogen (secondary N) is 1. The van der Waals surface area contributed by atoms with Crippen LogP contribution >= 0.6 is 11.8 Å². The van der Waals surface area contributed by atoms with Gasteiger partial charge in [0.1, 0.15) is 16.9 Å². The predicted octanol–water partition coefficient (Wildman–Crippen LogP) is 4.73. The van der Waals surface area contributed by atoms with Crippen LogP contribution in [0.1, 0.15) is 22.2 Å². The molecule has 2 aromatic carbocycles. The molecule has 0 aliphatic carbocycles. The number of aryl methyl sites for hydroxylation is 1. The van der Waals surface area contributed by atoms with E-state index in [1.54, 1.807) is 24.2 Å². The fraction of sp³-hybridized carbons (Fsp3) is 0.125. The average molecular weight is 415 g/mol. The van der Waals surface area contributed by atoms with Crippen molar-refractivity contribution in [1.29, 1.82) is 0 Å². The molecule has 4 aromatic rings. The Hall–Kier alpha value is -3.38. The van der Waals surface area contributed by atoms with Gasteiger partial charge in [-0.05, 0) is 42.3 Å². The van der Waals surface area contributed by atoms with E-state index in [9.17, 15) is 4.79 Å². The molecule has 0 saturated heterocycles. The molecular weight excluding hydrogens is 392 g/mol. The van der Waals surface area contributed by atoms with E-state index in [-0.39, 0.29) is 11.2 Å². The Morgan fingerprint density at radius 1 is 1.00 bits per heavy atom. The molecule has 30 heavy (non-hydrogen) atoms. The van der Waals surface area contributed by atoms with Crippen molar-refractivity contribution in [3.63, 3.8) is 0 Å². The Morgan fingerprint density at radius 2 is 1.73 bits per heavy atom. The Balaban J connectivity index is 1.50. The number of carbonyl (C=O) groups is 1. The molecule has 1 atom stereocenters. The van der Waals surface area contributed by atoms with Gasteiger partial charge in [-0.15, -0.1) is 11.8 Å². The van der Waals surface area contributed by atoms with E-state index < -0.39 is 0 Å². The number of pyridine rings is 1. The summed E-state index contributed by atoms with van der Waals surface area (Å²) in [6, 6.07) is 23.7. The standard InChI is InChI=1S/C24H22N4OS/c1-18-25-14-15-28(18)22-16-19(12-13-26-22)17-27-24(29)23(20-8-4-2-5-9-20)30-21-10-6-3-7-11-21/h2-16,23H,17H2,1H3,(H,27,29). The van der Waals surface area contributed by atoms with E-state index in [1.807, 2.05) is 90.5 Å². The molecule has 1 amide bonds. The molecule has 1 N–H and O–H groups in total. The lowest BCUT2D eigenvalue weighted by molar-refractivity contribution is -0.120. The SMILES string of the molecule is Cc1nccn1-c1cc(CNC(=O)C(Sc2ccccc2)c2ccccc2)ccn1. The van der Waals surface area contributed by atoms with Gasteiger partial charge in [-0.2, -0.15) is 0 Å². The Bertz CT molecular complexity index is 1110. The second-order valence-electron chi connectivity index (χ2n) is 6.81. The molecule has 150 valence electrons. The van der Waals surface area contributed by atoms with Crippen molar-refractivity contribution in [3.8, 4) is 5.82 Å². The normalized spacial score (nSPS) is 11.8. The van der Waals surface area contributed by atoms with Crippen molar-refractivity contribution in [2.24, 2.45) is 0 Å². The van der Waals surface area contributed by atoms with Crippen LogP contribution in [0.3, 0.4) is 0 Å². The first kappa shape index (κ1) is 19.9. The molecular formula is C24H22N4OS. The maximum Gasteiger partial charge on any atom is 0.238 e. The Kier molecular flexibility index (Phi) is 6.25. The molecule has 0 spiro atoms. The number of carbonyl (C=O) groups excluding carboxylic acids is 1. The number of benzene rings is 2. The predicted molar refractivity (Wildman–Crippen MR) is 119 cm³/mol. The number of thioether (sulfide) groups is 1. The van der Waals surface area contributed by atoms with Crippen molar-refractivity contribution in [2.75, 3.05) is 0 Å². The number of amides is 1. The van der Waals surface area contributed by atoms with Crippen molar-refractivity contribution in [1.82, 2.24) is 19.9 Å². The van der Waals surface area contributed by atoms with Crippen molar-refractivity contribution < 1.29 is 4.79 Å². The number of rotatable bonds is 7. The third-order valence-corrected chi connectivity index (χ3v) is 5.95. The lowest BCUT2D eigenvalue weighted by atomic mass is 10.1. The number of hydrogen-bond acceptors (Lipinski definition) is 4. The maximum absolute atomic E-state index is 13.1. The van der Waals surface area contributed by atoms with Crippen LogP contribution in [-0.2, 0) is 11.3 Å². The van der Waals surface area contributed by atoms with Gasteiger partial charge in [0.25, 0.3) is 0 Å². The lowest BCUT2D eigenvalue weighted by Crippen LogP contribution is -2.27. The van der Waals surface area contributed by atoms with E-state index >= 15 is 0 Å². The fourth-order valence-corrected chi connectivity index (χ4v) is 4.21. The molecule has 6 heteroatoms. The van der Waals surface area contributed by atoms with Crippen molar-refractivity contribution >= 4 is 17.7 Å². The lowest BCUT2D eigenvalue weighted by Gasteiger charge is -2.17. The first-order chi connectivity index (χ1) is 14.7. The third-order valence-electron chi connectivity index (χ3n) is 4.69. The summed E-state index contributed by atoms with van der Waals surface area (Å²) in [5, 5.41) is 2.76. The second kappa shape index (κ2) is 9.41. The number of aromatic nitrogens is 3.